The minimum atomic E-state index is 0.377. The van der Waals surface area contributed by atoms with Gasteiger partial charge in [0.2, 0.25) is 5.95 Å². The lowest BCUT2D eigenvalue weighted by molar-refractivity contribution is 0.289. The summed E-state index contributed by atoms with van der Waals surface area (Å²) < 4.78 is 7.38. The molecule has 0 amide bonds. The van der Waals surface area contributed by atoms with E-state index in [1.165, 1.54) is 0 Å². The molecule has 0 atom stereocenters. The molecular weight excluding hydrogens is 264 g/mol. The molecule has 0 unspecified atom stereocenters. The first kappa shape index (κ1) is 15.1. The monoisotopic (exact) mass is 286 g/mol. The summed E-state index contributed by atoms with van der Waals surface area (Å²) in [6.45, 7) is 6.95. The highest BCUT2D eigenvalue weighted by atomic mass is 16.5. The van der Waals surface area contributed by atoms with Crippen LogP contribution in [0, 0.1) is 12.8 Å². The number of hydrogen-bond acceptors (Lipinski definition) is 4. The van der Waals surface area contributed by atoms with Crippen LogP contribution in [0.4, 0.5) is 5.95 Å². The Balaban J connectivity index is 2.10. The van der Waals surface area contributed by atoms with E-state index in [1.807, 2.05) is 31.2 Å². The van der Waals surface area contributed by atoms with Gasteiger partial charge in [-0.2, -0.15) is 5.10 Å². The number of aromatic nitrogens is 2. The van der Waals surface area contributed by atoms with Gasteiger partial charge in [-0.05, 0) is 31.4 Å². The number of aryl methyl sites for hydroxylation is 1. The van der Waals surface area contributed by atoms with Crippen molar-refractivity contribution in [3.05, 3.63) is 41.7 Å². The summed E-state index contributed by atoms with van der Waals surface area (Å²) in [7, 11) is 0. The normalized spacial score (nSPS) is 11.4. The van der Waals surface area contributed by atoms with Crippen LogP contribution >= 0.6 is 0 Å². The lowest BCUT2D eigenvalue weighted by Gasteiger charge is -2.10. The molecule has 0 spiro atoms. The zero-order valence-corrected chi connectivity index (χ0v) is 12.8. The number of imidazole rings is 1. The highest BCUT2D eigenvalue weighted by molar-refractivity contribution is 5.83. The average Bonchev–Trinajstić information content (AvgIpc) is 2.75. The van der Waals surface area contributed by atoms with E-state index in [-0.39, 0.29) is 0 Å². The SMILES string of the molecule is Cc1cn(N=Cc2ccccc2OCCC(C)C)c(N)n1. The summed E-state index contributed by atoms with van der Waals surface area (Å²) in [4.78, 5) is 4.11. The van der Waals surface area contributed by atoms with Crippen molar-refractivity contribution < 1.29 is 4.74 Å². The number of benzene rings is 1. The minimum absolute atomic E-state index is 0.377. The van der Waals surface area contributed by atoms with Crippen LogP contribution in [0.5, 0.6) is 5.75 Å². The van der Waals surface area contributed by atoms with Crippen molar-refractivity contribution in [3.63, 3.8) is 0 Å². The molecule has 0 aliphatic carbocycles. The molecule has 2 rings (SSSR count). The first-order chi connectivity index (χ1) is 10.1. The maximum Gasteiger partial charge on any atom is 0.221 e. The van der Waals surface area contributed by atoms with Crippen molar-refractivity contribution in [2.24, 2.45) is 11.0 Å². The molecule has 0 fully saturated rings. The Bertz CT molecular complexity index is 616. The highest BCUT2D eigenvalue weighted by Gasteiger charge is 2.03. The maximum atomic E-state index is 5.82. The van der Waals surface area contributed by atoms with Crippen molar-refractivity contribution >= 4 is 12.2 Å². The van der Waals surface area contributed by atoms with Crippen LogP contribution in [0.2, 0.25) is 0 Å². The molecule has 1 aromatic carbocycles. The Labute approximate surface area is 125 Å². The van der Waals surface area contributed by atoms with E-state index in [4.69, 9.17) is 10.5 Å². The van der Waals surface area contributed by atoms with Crippen LogP contribution in [-0.2, 0) is 0 Å². The molecule has 21 heavy (non-hydrogen) atoms. The van der Waals surface area contributed by atoms with Gasteiger partial charge in [0.25, 0.3) is 0 Å². The van der Waals surface area contributed by atoms with Gasteiger partial charge in [0, 0.05) is 5.56 Å². The van der Waals surface area contributed by atoms with Gasteiger partial charge < -0.3 is 10.5 Å². The van der Waals surface area contributed by atoms with Crippen LogP contribution in [0.1, 0.15) is 31.5 Å². The predicted molar refractivity (Wildman–Crippen MR) is 85.8 cm³/mol. The van der Waals surface area contributed by atoms with E-state index < -0.39 is 0 Å². The van der Waals surface area contributed by atoms with Gasteiger partial charge in [-0.3, -0.25) is 0 Å². The van der Waals surface area contributed by atoms with Crippen molar-refractivity contribution in [2.45, 2.75) is 27.2 Å². The average molecular weight is 286 g/mol. The minimum Gasteiger partial charge on any atom is -0.493 e. The molecule has 2 aromatic rings. The molecule has 0 saturated carbocycles. The Morgan fingerprint density at radius 1 is 1.38 bits per heavy atom. The lowest BCUT2D eigenvalue weighted by Crippen LogP contribution is -2.03. The van der Waals surface area contributed by atoms with Crippen molar-refractivity contribution in [2.75, 3.05) is 12.3 Å². The molecule has 0 bridgehead atoms. The number of nitrogen functional groups attached to an aromatic ring is 1. The molecule has 0 aliphatic heterocycles. The number of anilines is 1. The number of para-hydroxylation sites is 1. The predicted octanol–water partition coefficient (Wildman–Crippen LogP) is 3.08. The molecule has 1 heterocycles. The molecule has 0 radical (unpaired) electrons. The topological polar surface area (TPSA) is 65.4 Å². The fraction of sp³-hybridized carbons (Fsp3) is 0.375. The molecule has 112 valence electrons. The van der Waals surface area contributed by atoms with Crippen molar-refractivity contribution in [1.82, 2.24) is 9.66 Å². The fourth-order valence-electron chi connectivity index (χ4n) is 1.84. The molecule has 5 nitrogen and oxygen atoms in total. The summed E-state index contributed by atoms with van der Waals surface area (Å²) in [5.41, 5.74) is 7.53. The van der Waals surface area contributed by atoms with E-state index in [2.05, 4.69) is 23.9 Å². The summed E-state index contributed by atoms with van der Waals surface area (Å²) in [6.07, 6.45) is 4.55. The lowest BCUT2D eigenvalue weighted by atomic mass is 10.1. The Hall–Kier alpha value is -2.30. The van der Waals surface area contributed by atoms with Gasteiger partial charge in [0.05, 0.1) is 24.7 Å². The Kier molecular flexibility index (Phi) is 4.98. The van der Waals surface area contributed by atoms with Gasteiger partial charge in [-0.15, -0.1) is 0 Å². The number of ether oxygens (including phenoxy) is 1. The van der Waals surface area contributed by atoms with Gasteiger partial charge in [-0.1, -0.05) is 26.0 Å². The first-order valence-electron chi connectivity index (χ1n) is 7.14. The molecule has 0 aliphatic rings. The van der Waals surface area contributed by atoms with Crippen LogP contribution in [0.25, 0.3) is 0 Å². The van der Waals surface area contributed by atoms with E-state index in [0.29, 0.717) is 18.5 Å². The van der Waals surface area contributed by atoms with E-state index in [9.17, 15) is 0 Å². The number of nitrogens with zero attached hydrogens (tertiary/aromatic N) is 3. The second-order valence-electron chi connectivity index (χ2n) is 5.40. The third-order valence-electron chi connectivity index (χ3n) is 3.03. The van der Waals surface area contributed by atoms with Crippen LogP contribution in [0.15, 0.2) is 35.6 Å². The van der Waals surface area contributed by atoms with Crippen LogP contribution < -0.4 is 10.5 Å². The highest BCUT2D eigenvalue weighted by Crippen LogP contribution is 2.17. The molecule has 2 N–H and O–H groups in total. The second-order valence-corrected chi connectivity index (χ2v) is 5.40. The summed E-state index contributed by atoms with van der Waals surface area (Å²) >= 11 is 0. The third-order valence-corrected chi connectivity index (χ3v) is 3.03. The second kappa shape index (κ2) is 6.92. The van der Waals surface area contributed by atoms with Gasteiger partial charge in [0.1, 0.15) is 5.75 Å². The zero-order chi connectivity index (χ0) is 15.2. The number of nitrogens with two attached hydrogens (primary N) is 1. The van der Waals surface area contributed by atoms with Crippen LogP contribution in [0.3, 0.4) is 0 Å². The molecule has 1 aromatic heterocycles. The zero-order valence-electron chi connectivity index (χ0n) is 12.8. The Morgan fingerprint density at radius 2 is 2.14 bits per heavy atom. The summed E-state index contributed by atoms with van der Waals surface area (Å²) in [5.74, 6) is 1.83. The van der Waals surface area contributed by atoms with Crippen LogP contribution in [-0.4, -0.2) is 22.5 Å². The smallest absolute Gasteiger partial charge is 0.221 e. The fourth-order valence-corrected chi connectivity index (χ4v) is 1.84. The molecular formula is C16H22N4O. The summed E-state index contributed by atoms with van der Waals surface area (Å²) in [6, 6.07) is 7.83. The maximum absolute atomic E-state index is 5.82. The largest absolute Gasteiger partial charge is 0.493 e. The molecule has 5 heteroatoms. The van der Waals surface area contributed by atoms with Crippen molar-refractivity contribution in [1.29, 1.82) is 0 Å². The van der Waals surface area contributed by atoms with E-state index >= 15 is 0 Å². The van der Waals surface area contributed by atoms with Gasteiger partial charge in [0.15, 0.2) is 0 Å². The van der Waals surface area contributed by atoms with Crippen molar-refractivity contribution in [3.8, 4) is 5.75 Å². The first-order valence-corrected chi connectivity index (χ1v) is 7.14. The Morgan fingerprint density at radius 3 is 2.81 bits per heavy atom. The summed E-state index contributed by atoms with van der Waals surface area (Å²) in [5, 5.41) is 4.32. The number of hydrogen-bond donors (Lipinski definition) is 1. The third kappa shape index (κ3) is 4.34. The van der Waals surface area contributed by atoms with Gasteiger partial charge >= 0.3 is 0 Å². The van der Waals surface area contributed by atoms with E-state index in [1.54, 1.807) is 17.1 Å². The molecule has 0 saturated heterocycles. The van der Waals surface area contributed by atoms with E-state index in [0.717, 1.165) is 23.4 Å². The standard InChI is InChI=1S/C16H22N4O/c1-12(2)8-9-21-15-7-5-4-6-14(15)10-18-20-11-13(3)19-16(20)17/h4-7,10-12H,8-9H2,1-3H3,(H2,17,19). The number of rotatable bonds is 6. The van der Waals surface area contributed by atoms with Gasteiger partial charge in [-0.25, -0.2) is 9.66 Å². The quantitative estimate of drug-likeness (QED) is 0.830.